The van der Waals surface area contributed by atoms with Gasteiger partial charge in [-0.25, -0.2) is 0 Å². The lowest BCUT2D eigenvalue weighted by Crippen LogP contribution is -2.62. The molecule has 0 saturated heterocycles. The Bertz CT molecular complexity index is 689. The third-order valence-corrected chi connectivity index (χ3v) is 16.1. The topological polar surface area (TPSA) is 26.3 Å². The van der Waals surface area contributed by atoms with Gasteiger partial charge in [0.2, 0.25) is 0 Å². The summed E-state index contributed by atoms with van der Waals surface area (Å²) in [6.07, 6.45) is 15.9. The van der Waals surface area contributed by atoms with Gasteiger partial charge in [0.15, 0.2) is 14.1 Å². The largest absolute Gasteiger partial charge is 0.406 e. The van der Waals surface area contributed by atoms with Gasteiger partial charge in [0.25, 0.3) is 0 Å². The van der Waals surface area contributed by atoms with Crippen LogP contribution < -0.4 is 0 Å². The number of carbonyl (C=O) groups is 1. The van der Waals surface area contributed by atoms with Crippen LogP contribution in [-0.2, 0) is 9.22 Å². The normalized spacial score (nSPS) is 48.9. The Hall–Kier alpha value is -0.153. The minimum atomic E-state index is -2.02. The number of hydrogen-bond donors (Lipinski definition) is 0. The molecule has 174 valence electrons. The van der Waals surface area contributed by atoms with E-state index in [0.717, 1.165) is 35.5 Å². The molecule has 0 heterocycles. The fourth-order valence-corrected chi connectivity index (χ4v) is 11.4. The van der Waals surface area contributed by atoms with E-state index in [1.54, 1.807) is 0 Å². The first-order chi connectivity index (χ1) is 14.5. The van der Waals surface area contributed by atoms with Gasteiger partial charge >= 0.3 is 0 Å². The first kappa shape index (κ1) is 21.4. The van der Waals surface area contributed by atoms with Gasteiger partial charge in [-0.1, -0.05) is 20.8 Å². The van der Waals surface area contributed by atoms with E-state index < -0.39 is 8.32 Å². The van der Waals surface area contributed by atoms with E-state index in [1.807, 2.05) is 0 Å². The molecule has 3 heteroatoms. The van der Waals surface area contributed by atoms with Crippen LogP contribution in [0.2, 0.25) is 18.1 Å². The smallest absolute Gasteiger partial charge is 0.193 e. The predicted molar refractivity (Wildman–Crippen MR) is 128 cm³/mol. The van der Waals surface area contributed by atoms with Gasteiger partial charge in [0.05, 0.1) is 0 Å². The summed E-state index contributed by atoms with van der Waals surface area (Å²) in [7, 11) is -2.02. The molecular formula is C28H46O2Si. The molecule has 0 aromatic heterocycles. The molecule has 2 nitrogen and oxygen atoms in total. The highest BCUT2D eigenvalue weighted by Crippen LogP contribution is 2.66. The zero-order valence-corrected chi connectivity index (χ0v) is 21.8. The van der Waals surface area contributed by atoms with Crippen LogP contribution in [0.1, 0.15) is 97.8 Å². The van der Waals surface area contributed by atoms with Crippen LogP contribution in [0.3, 0.4) is 0 Å². The van der Waals surface area contributed by atoms with E-state index in [1.165, 1.54) is 77.0 Å². The molecule has 31 heavy (non-hydrogen) atoms. The summed E-state index contributed by atoms with van der Waals surface area (Å²) in [6, 6.07) is 0. The molecule has 8 aliphatic rings. The first-order valence-electron chi connectivity index (χ1n) is 13.7. The Morgan fingerprint density at radius 2 is 1.10 bits per heavy atom. The summed E-state index contributed by atoms with van der Waals surface area (Å²) in [5.74, 6) is 5.74. The predicted octanol–water partition coefficient (Wildman–Crippen LogP) is 7.38. The van der Waals surface area contributed by atoms with E-state index in [2.05, 4.69) is 33.9 Å². The van der Waals surface area contributed by atoms with Gasteiger partial charge < -0.3 is 4.43 Å². The van der Waals surface area contributed by atoms with E-state index in [4.69, 9.17) is 4.43 Å². The number of hydrogen-bond acceptors (Lipinski definition) is 2. The highest BCUT2D eigenvalue weighted by Gasteiger charge is 2.63. The number of ketones is 1. The fraction of sp³-hybridized carbons (Fsp3) is 0.964. The van der Waals surface area contributed by atoms with E-state index >= 15 is 0 Å². The minimum absolute atomic E-state index is 0.0227. The van der Waals surface area contributed by atoms with Gasteiger partial charge in [-0.2, -0.15) is 0 Å². The summed E-state index contributed by atoms with van der Waals surface area (Å²) >= 11 is 0. The standard InChI is InChI=1S/C28H46O2Si/c1-26(2,3)31(4,5)30-25(28-15-21-9-22(16-28)11-23(10-21)17-28)24(29)27-12-18-6-19(13-27)8-20(7-18)14-27/h18-23,25H,6-17H2,1-5H3. The monoisotopic (exact) mass is 442 g/mol. The highest BCUT2D eigenvalue weighted by molar-refractivity contribution is 6.74. The van der Waals surface area contributed by atoms with Crippen LogP contribution in [0, 0.1) is 46.3 Å². The molecule has 8 bridgehead atoms. The maximum atomic E-state index is 14.8. The Kier molecular flexibility index (Phi) is 4.63. The average Bonchev–Trinajstić information content (AvgIpc) is 2.62. The fourth-order valence-electron chi connectivity index (χ4n) is 10.1. The molecule has 8 rings (SSSR count). The maximum absolute atomic E-state index is 14.8. The Balaban J connectivity index is 1.38. The lowest BCUT2D eigenvalue weighted by Gasteiger charge is -2.62. The Morgan fingerprint density at radius 3 is 1.45 bits per heavy atom. The number of carbonyl (C=O) groups excluding carboxylic acids is 1. The SMILES string of the molecule is CC(C)(C)[Si](C)(C)OC(C(=O)C12CC3CC(CC(C3)C1)C2)C12CC3CC(CC(C3)C1)C2. The molecule has 0 aliphatic heterocycles. The molecule has 1 unspecified atom stereocenters. The molecule has 0 aromatic rings. The highest BCUT2D eigenvalue weighted by atomic mass is 28.4. The van der Waals surface area contributed by atoms with Crippen molar-refractivity contribution in [1.82, 2.24) is 0 Å². The minimum Gasteiger partial charge on any atom is -0.406 e. The summed E-state index contributed by atoms with van der Waals surface area (Å²) < 4.78 is 7.33. The third kappa shape index (κ3) is 3.29. The zero-order valence-electron chi connectivity index (χ0n) is 20.8. The second-order valence-corrected chi connectivity index (χ2v) is 19.9. The van der Waals surface area contributed by atoms with Gasteiger partial charge in [-0.15, -0.1) is 0 Å². The molecule has 8 aliphatic carbocycles. The first-order valence-corrected chi connectivity index (χ1v) is 16.6. The van der Waals surface area contributed by atoms with Crippen molar-refractivity contribution < 1.29 is 9.22 Å². The van der Waals surface area contributed by atoms with Crippen molar-refractivity contribution in [3.8, 4) is 0 Å². The summed E-state index contributed by atoms with van der Waals surface area (Å²) in [5.41, 5.74) is 0.149. The third-order valence-electron chi connectivity index (χ3n) is 11.7. The van der Waals surface area contributed by atoms with Crippen molar-refractivity contribution >= 4 is 14.1 Å². The van der Waals surface area contributed by atoms with Crippen LogP contribution in [0.25, 0.3) is 0 Å². The molecule has 0 aromatic carbocycles. The van der Waals surface area contributed by atoms with Crippen LogP contribution >= 0.6 is 0 Å². The molecule has 8 saturated carbocycles. The molecule has 0 amide bonds. The van der Waals surface area contributed by atoms with E-state index in [0.29, 0.717) is 5.78 Å². The van der Waals surface area contributed by atoms with Crippen molar-refractivity contribution in [2.45, 2.75) is 122 Å². The van der Waals surface area contributed by atoms with Gasteiger partial charge in [0, 0.05) is 10.8 Å². The molecule has 1 atom stereocenters. The second kappa shape index (κ2) is 6.71. The number of Topliss-reactive ketones (excluding diaryl/α,β-unsaturated/α-hetero) is 1. The molecule has 8 fully saturated rings. The van der Waals surface area contributed by atoms with Crippen molar-refractivity contribution in [3.05, 3.63) is 0 Å². The van der Waals surface area contributed by atoms with Crippen molar-refractivity contribution in [2.75, 3.05) is 0 Å². The quantitative estimate of drug-likeness (QED) is 0.415. The van der Waals surface area contributed by atoms with Crippen LogP contribution in [0.5, 0.6) is 0 Å². The van der Waals surface area contributed by atoms with Crippen molar-refractivity contribution in [3.63, 3.8) is 0 Å². The van der Waals surface area contributed by atoms with Gasteiger partial charge in [0.1, 0.15) is 6.10 Å². The van der Waals surface area contributed by atoms with Gasteiger partial charge in [-0.3, -0.25) is 4.79 Å². The molecule has 0 N–H and O–H groups in total. The molecular weight excluding hydrogens is 396 g/mol. The van der Waals surface area contributed by atoms with Crippen LogP contribution in [0.15, 0.2) is 0 Å². The van der Waals surface area contributed by atoms with Gasteiger partial charge in [-0.05, 0) is 131 Å². The maximum Gasteiger partial charge on any atom is 0.193 e. The van der Waals surface area contributed by atoms with E-state index in [9.17, 15) is 4.79 Å². The van der Waals surface area contributed by atoms with E-state index in [-0.39, 0.29) is 22.0 Å². The molecule has 0 radical (unpaired) electrons. The van der Waals surface area contributed by atoms with Crippen LogP contribution in [-0.4, -0.2) is 20.2 Å². The van der Waals surface area contributed by atoms with Crippen molar-refractivity contribution in [1.29, 1.82) is 0 Å². The van der Waals surface area contributed by atoms with Crippen molar-refractivity contribution in [2.24, 2.45) is 46.3 Å². The summed E-state index contributed by atoms with van der Waals surface area (Å²) in [6.45, 7) is 11.8. The second-order valence-electron chi connectivity index (χ2n) is 15.1. The lowest BCUT2D eigenvalue weighted by atomic mass is 9.44. The summed E-state index contributed by atoms with van der Waals surface area (Å²) in [4.78, 5) is 14.8. The average molecular weight is 443 g/mol. The van der Waals surface area contributed by atoms with Crippen LogP contribution in [0.4, 0.5) is 0 Å². The zero-order chi connectivity index (χ0) is 21.8. The molecule has 0 spiro atoms. The number of rotatable bonds is 5. The lowest BCUT2D eigenvalue weighted by molar-refractivity contribution is -0.171. The Labute approximate surface area is 191 Å². The summed E-state index contributed by atoms with van der Waals surface area (Å²) in [5, 5.41) is 0.162. The Morgan fingerprint density at radius 1 is 0.742 bits per heavy atom.